The second kappa shape index (κ2) is 5.43. The van der Waals surface area contributed by atoms with Gasteiger partial charge in [0.05, 0.1) is 10.6 Å². The predicted molar refractivity (Wildman–Crippen MR) is 82.0 cm³/mol. The van der Waals surface area contributed by atoms with E-state index in [9.17, 15) is 4.79 Å². The minimum absolute atomic E-state index is 0.200. The number of hydrogen-bond donors (Lipinski definition) is 1. The molecular formula is C16H14N2OS. The largest absolute Gasteiger partial charge is 0.293 e. The molecule has 0 radical (unpaired) electrons. The molecule has 0 spiro atoms. The smallest absolute Gasteiger partial charge is 0.172 e. The maximum absolute atomic E-state index is 11.7. The lowest BCUT2D eigenvalue weighted by molar-refractivity contribution is 0.0992. The summed E-state index contributed by atoms with van der Waals surface area (Å²) in [5, 5.41) is 6.94. The number of H-pyrrole nitrogens is 1. The second-order valence-corrected chi connectivity index (χ2v) is 5.58. The monoisotopic (exact) mass is 282 g/mol. The van der Waals surface area contributed by atoms with Crippen LogP contribution in [0.3, 0.4) is 0 Å². The highest BCUT2D eigenvalue weighted by Gasteiger charge is 2.09. The van der Waals surface area contributed by atoms with Gasteiger partial charge in [-0.1, -0.05) is 25.1 Å². The van der Waals surface area contributed by atoms with E-state index in [0.717, 1.165) is 26.6 Å². The number of hydrogen-bond acceptors (Lipinski definition) is 3. The number of aromatic amines is 1. The second-order valence-electron chi connectivity index (χ2n) is 4.49. The van der Waals surface area contributed by atoms with Gasteiger partial charge in [-0.2, -0.15) is 5.10 Å². The molecule has 20 heavy (non-hydrogen) atoms. The van der Waals surface area contributed by atoms with Crippen LogP contribution >= 0.6 is 11.3 Å². The number of Topliss-reactive ketones (excluding diaryl/α,β-unsaturated/α-hetero) is 1. The molecule has 1 aromatic carbocycles. The molecule has 3 rings (SSSR count). The van der Waals surface area contributed by atoms with Crippen molar-refractivity contribution in [2.75, 3.05) is 0 Å². The van der Waals surface area contributed by atoms with E-state index >= 15 is 0 Å². The summed E-state index contributed by atoms with van der Waals surface area (Å²) in [6, 6.07) is 14.1. The maximum atomic E-state index is 11.7. The number of benzene rings is 1. The Bertz CT molecular complexity index is 729. The van der Waals surface area contributed by atoms with Crippen molar-refractivity contribution in [2.45, 2.75) is 13.3 Å². The summed E-state index contributed by atoms with van der Waals surface area (Å²) in [5.41, 5.74) is 3.21. The van der Waals surface area contributed by atoms with Gasteiger partial charge in [0, 0.05) is 23.1 Å². The molecular weight excluding hydrogens is 268 g/mol. The molecule has 2 aromatic heterocycles. The van der Waals surface area contributed by atoms with E-state index in [1.807, 2.05) is 37.3 Å². The van der Waals surface area contributed by atoms with E-state index in [1.165, 1.54) is 0 Å². The molecule has 0 amide bonds. The minimum atomic E-state index is 0.200. The van der Waals surface area contributed by atoms with Crippen LogP contribution in [-0.4, -0.2) is 16.0 Å². The minimum Gasteiger partial charge on any atom is -0.293 e. The molecule has 0 fully saturated rings. The first-order valence-electron chi connectivity index (χ1n) is 6.51. The topological polar surface area (TPSA) is 45.8 Å². The van der Waals surface area contributed by atoms with Gasteiger partial charge in [0.2, 0.25) is 0 Å². The van der Waals surface area contributed by atoms with Crippen LogP contribution in [0.15, 0.2) is 48.7 Å². The number of thiophene rings is 1. The average Bonchev–Trinajstić information content (AvgIpc) is 3.18. The summed E-state index contributed by atoms with van der Waals surface area (Å²) in [5.74, 6) is 0.200. The van der Waals surface area contributed by atoms with Crippen LogP contribution in [0.5, 0.6) is 0 Å². The summed E-state index contributed by atoms with van der Waals surface area (Å²) in [7, 11) is 0. The predicted octanol–water partition coefficient (Wildman–Crippen LogP) is 4.40. The van der Waals surface area contributed by atoms with Crippen LogP contribution in [0.2, 0.25) is 0 Å². The Morgan fingerprint density at radius 2 is 2.05 bits per heavy atom. The highest BCUT2D eigenvalue weighted by Crippen LogP contribution is 2.31. The van der Waals surface area contributed by atoms with E-state index < -0.39 is 0 Å². The van der Waals surface area contributed by atoms with Gasteiger partial charge in [-0.15, -0.1) is 11.3 Å². The van der Waals surface area contributed by atoms with Crippen LogP contribution in [0.25, 0.3) is 21.7 Å². The van der Waals surface area contributed by atoms with E-state index in [2.05, 4.69) is 22.3 Å². The first-order valence-corrected chi connectivity index (χ1v) is 7.33. The standard InChI is InChI=1S/C16H14N2OS/c1-2-14(19)16-7-6-15(20-16)12-5-3-4-11(10-12)13-8-9-17-18-13/h3-10H,2H2,1H3,(H,17,18). The third kappa shape index (κ3) is 2.42. The molecule has 4 heteroatoms. The van der Waals surface area contributed by atoms with Gasteiger partial charge in [-0.3, -0.25) is 9.89 Å². The van der Waals surface area contributed by atoms with Crippen molar-refractivity contribution in [1.82, 2.24) is 10.2 Å². The lowest BCUT2D eigenvalue weighted by Gasteiger charge is -2.01. The number of nitrogens with zero attached hydrogens (tertiary/aromatic N) is 1. The molecule has 0 aliphatic carbocycles. The van der Waals surface area contributed by atoms with Crippen molar-refractivity contribution in [3.63, 3.8) is 0 Å². The van der Waals surface area contributed by atoms with Gasteiger partial charge in [0.1, 0.15) is 0 Å². The fraction of sp³-hybridized carbons (Fsp3) is 0.125. The third-order valence-corrected chi connectivity index (χ3v) is 4.34. The van der Waals surface area contributed by atoms with Crippen molar-refractivity contribution in [1.29, 1.82) is 0 Å². The first kappa shape index (κ1) is 12.8. The van der Waals surface area contributed by atoms with Gasteiger partial charge < -0.3 is 0 Å². The van der Waals surface area contributed by atoms with Crippen molar-refractivity contribution in [3.8, 4) is 21.7 Å². The van der Waals surface area contributed by atoms with Gasteiger partial charge in [-0.05, 0) is 29.8 Å². The molecule has 100 valence electrons. The van der Waals surface area contributed by atoms with Crippen LogP contribution in [0.1, 0.15) is 23.0 Å². The van der Waals surface area contributed by atoms with E-state index in [4.69, 9.17) is 0 Å². The highest BCUT2D eigenvalue weighted by atomic mass is 32.1. The Balaban J connectivity index is 1.96. The molecule has 0 bridgehead atoms. The van der Waals surface area contributed by atoms with Crippen molar-refractivity contribution >= 4 is 17.1 Å². The lowest BCUT2D eigenvalue weighted by Crippen LogP contribution is -1.90. The molecule has 3 nitrogen and oxygen atoms in total. The fourth-order valence-corrected chi connectivity index (χ4v) is 3.09. The van der Waals surface area contributed by atoms with Crippen molar-refractivity contribution < 1.29 is 4.79 Å². The molecule has 0 saturated heterocycles. The molecule has 0 aliphatic rings. The summed E-state index contributed by atoms with van der Waals surface area (Å²) < 4.78 is 0. The van der Waals surface area contributed by atoms with Crippen LogP contribution in [0.4, 0.5) is 0 Å². The summed E-state index contributed by atoms with van der Waals surface area (Å²) in [6.07, 6.45) is 2.29. The van der Waals surface area contributed by atoms with Gasteiger partial charge in [-0.25, -0.2) is 0 Å². The lowest BCUT2D eigenvalue weighted by atomic mass is 10.1. The number of ketones is 1. The molecule has 0 saturated carbocycles. The van der Waals surface area contributed by atoms with E-state index in [0.29, 0.717) is 6.42 Å². The zero-order chi connectivity index (χ0) is 13.9. The van der Waals surface area contributed by atoms with Crippen LogP contribution in [0, 0.1) is 0 Å². The number of nitrogens with one attached hydrogen (secondary N) is 1. The maximum Gasteiger partial charge on any atom is 0.172 e. The highest BCUT2D eigenvalue weighted by molar-refractivity contribution is 7.17. The van der Waals surface area contributed by atoms with E-state index in [1.54, 1.807) is 17.5 Å². The molecule has 3 aromatic rings. The molecule has 2 heterocycles. The van der Waals surface area contributed by atoms with Gasteiger partial charge in [0.25, 0.3) is 0 Å². The fourth-order valence-electron chi connectivity index (χ4n) is 2.07. The number of rotatable bonds is 4. The summed E-state index contributed by atoms with van der Waals surface area (Å²) >= 11 is 1.55. The number of carbonyl (C=O) groups is 1. The molecule has 1 N–H and O–H groups in total. The molecule has 0 unspecified atom stereocenters. The first-order chi connectivity index (χ1) is 9.78. The van der Waals surface area contributed by atoms with Crippen LogP contribution in [-0.2, 0) is 0 Å². The summed E-state index contributed by atoms with van der Waals surface area (Å²) in [4.78, 5) is 13.7. The normalized spacial score (nSPS) is 10.7. The zero-order valence-corrected chi connectivity index (χ0v) is 11.9. The van der Waals surface area contributed by atoms with Gasteiger partial charge in [0.15, 0.2) is 5.78 Å². The average molecular weight is 282 g/mol. The quantitative estimate of drug-likeness (QED) is 0.721. The number of carbonyl (C=O) groups excluding carboxylic acids is 1. The van der Waals surface area contributed by atoms with Crippen LogP contribution < -0.4 is 0 Å². The molecule has 0 aliphatic heterocycles. The third-order valence-electron chi connectivity index (χ3n) is 3.16. The SMILES string of the molecule is CCC(=O)c1ccc(-c2cccc(-c3ccn[nH]3)c2)s1. The van der Waals surface area contributed by atoms with Crippen molar-refractivity contribution in [2.24, 2.45) is 0 Å². The Hall–Kier alpha value is -2.20. The number of aromatic nitrogens is 2. The molecule has 0 atom stereocenters. The van der Waals surface area contributed by atoms with Gasteiger partial charge >= 0.3 is 0 Å². The Morgan fingerprint density at radius 1 is 1.20 bits per heavy atom. The van der Waals surface area contributed by atoms with E-state index in [-0.39, 0.29) is 5.78 Å². The summed E-state index contributed by atoms with van der Waals surface area (Å²) in [6.45, 7) is 1.89. The Morgan fingerprint density at radius 3 is 2.80 bits per heavy atom. The Kier molecular flexibility index (Phi) is 3.48. The van der Waals surface area contributed by atoms with Crippen molar-refractivity contribution in [3.05, 3.63) is 53.5 Å². The zero-order valence-electron chi connectivity index (χ0n) is 11.1. The Labute approximate surface area is 121 Å².